The van der Waals surface area contributed by atoms with Crippen molar-refractivity contribution in [3.8, 4) is 5.75 Å². The number of ketones is 1. The van der Waals surface area contributed by atoms with Crippen LogP contribution in [-0.4, -0.2) is 34.5 Å². The molecule has 1 aliphatic heterocycles. The van der Waals surface area contributed by atoms with Crippen LogP contribution in [-0.2, 0) is 4.79 Å². The molecule has 0 bridgehead atoms. The fourth-order valence-corrected chi connectivity index (χ4v) is 3.40. The number of imide groups is 1. The summed E-state index contributed by atoms with van der Waals surface area (Å²) < 4.78 is 5.59. The van der Waals surface area contributed by atoms with Crippen molar-refractivity contribution < 1.29 is 19.1 Å². The summed E-state index contributed by atoms with van der Waals surface area (Å²) in [7, 11) is 0. The fourth-order valence-electron chi connectivity index (χ4n) is 2.56. The van der Waals surface area contributed by atoms with E-state index in [1.165, 1.54) is 0 Å². The van der Waals surface area contributed by atoms with Crippen LogP contribution in [0.4, 0.5) is 4.79 Å². The lowest BCUT2D eigenvalue weighted by Crippen LogP contribution is -2.33. The van der Waals surface area contributed by atoms with Gasteiger partial charge in [-0.25, -0.2) is 0 Å². The zero-order valence-electron chi connectivity index (χ0n) is 15.0. The van der Waals surface area contributed by atoms with Crippen molar-refractivity contribution in [3.05, 3.63) is 70.6 Å². The molecule has 0 aliphatic carbocycles. The van der Waals surface area contributed by atoms with Crippen LogP contribution in [0.3, 0.4) is 0 Å². The highest BCUT2D eigenvalue weighted by atomic mass is 32.2. The summed E-state index contributed by atoms with van der Waals surface area (Å²) >= 11 is 0.844. The third-order valence-corrected chi connectivity index (χ3v) is 4.73. The van der Waals surface area contributed by atoms with E-state index in [1.54, 1.807) is 36.4 Å². The van der Waals surface area contributed by atoms with Crippen molar-refractivity contribution in [1.29, 1.82) is 0 Å². The van der Waals surface area contributed by atoms with E-state index >= 15 is 0 Å². The standard InChI is InChI=1S/C21H19NO4S/c1-14(2)26-17-10-8-15(9-11-17)12-19-20(24)22(21(25)27-19)13-18(23)16-6-4-3-5-7-16/h3-12,14H,13H2,1-2H3/b19-12-. The van der Waals surface area contributed by atoms with E-state index in [0.717, 1.165) is 28.0 Å². The van der Waals surface area contributed by atoms with E-state index in [1.807, 2.05) is 38.1 Å². The van der Waals surface area contributed by atoms with Crippen LogP contribution in [0.15, 0.2) is 59.5 Å². The Morgan fingerprint density at radius 2 is 1.74 bits per heavy atom. The molecule has 1 saturated heterocycles. The van der Waals surface area contributed by atoms with Gasteiger partial charge in [0.25, 0.3) is 11.1 Å². The molecule has 2 amide bonds. The second kappa shape index (κ2) is 8.22. The van der Waals surface area contributed by atoms with Crippen molar-refractivity contribution in [3.63, 3.8) is 0 Å². The summed E-state index contributed by atoms with van der Waals surface area (Å²) in [6.07, 6.45) is 1.73. The van der Waals surface area contributed by atoms with Gasteiger partial charge in [0.1, 0.15) is 5.75 Å². The summed E-state index contributed by atoms with van der Waals surface area (Å²) in [6.45, 7) is 3.63. The predicted molar refractivity (Wildman–Crippen MR) is 106 cm³/mol. The third kappa shape index (κ3) is 4.65. The summed E-state index contributed by atoms with van der Waals surface area (Å²) in [5, 5.41) is -0.435. The molecule has 0 atom stereocenters. The molecule has 3 rings (SSSR count). The Kier molecular flexibility index (Phi) is 5.76. The van der Waals surface area contributed by atoms with Crippen molar-refractivity contribution >= 4 is 34.8 Å². The Hall–Kier alpha value is -2.86. The second-order valence-electron chi connectivity index (χ2n) is 6.29. The Bertz CT molecular complexity index is 888. The number of ether oxygens (including phenoxy) is 1. The van der Waals surface area contributed by atoms with Crippen LogP contribution in [0.5, 0.6) is 5.75 Å². The number of Topliss-reactive ketones (excluding diaryl/α,β-unsaturated/α-hetero) is 1. The van der Waals surface area contributed by atoms with E-state index in [-0.39, 0.29) is 18.4 Å². The molecule has 0 unspecified atom stereocenters. The SMILES string of the molecule is CC(C)Oc1ccc(/C=C2\SC(=O)N(CC(=O)c3ccccc3)C2=O)cc1. The number of carbonyl (C=O) groups excluding carboxylic acids is 3. The molecule has 0 spiro atoms. The van der Waals surface area contributed by atoms with Gasteiger partial charge >= 0.3 is 0 Å². The highest BCUT2D eigenvalue weighted by Gasteiger charge is 2.36. The van der Waals surface area contributed by atoms with E-state index < -0.39 is 11.1 Å². The van der Waals surface area contributed by atoms with Gasteiger partial charge in [-0.2, -0.15) is 0 Å². The quantitative estimate of drug-likeness (QED) is 0.548. The van der Waals surface area contributed by atoms with E-state index in [0.29, 0.717) is 10.5 Å². The average Bonchev–Trinajstić information content (AvgIpc) is 2.91. The van der Waals surface area contributed by atoms with Crippen LogP contribution in [0.1, 0.15) is 29.8 Å². The molecule has 6 heteroatoms. The van der Waals surface area contributed by atoms with Gasteiger partial charge in [-0.1, -0.05) is 42.5 Å². The topological polar surface area (TPSA) is 63.7 Å². The molecule has 2 aromatic rings. The molecular formula is C21H19NO4S. The molecule has 1 fully saturated rings. The van der Waals surface area contributed by atoms with Gasteiger partial charge in [0.05, 0.1) is 17.6 Å². The molecule has 5 nitrogen and oxygen atoms in total. The van der Waals surface area contributed by atoms with Crippen LogP contribution in [0.2, 0.25) is 0 Å². The van der Waals surface area contributed by atoms with Crippen LogP contribution >= 0.6 is 11.8 Å². The van der Waals surface area contributed by atoms with E-state index in [4.69, 9.17) is 4.74 Å². The molecular weight excluding hydrogens is 362 g/mol. The number of rotatable bonds is 6. The van der Waals surface area contributed by atoms with Crippen molar-refractivity contribution in [2.75, 3.05) is 6.54 Å². The Morgan fingerprint density at radius 1 is 1.07 bits per heavy atom. The molecule has 1 heterocycles. The number of hydrogen-bond acceptors (Lipinski definition) is 5. The van der Waals surface area contributed by atoms with Gasteiger partial charge in [0, 0.05) is 5.56 Å². The minimum absolute atomic E-state index is 0.0782. The lowest BCUT2D eigenvalue weighted by molar-refractivity contribution is -0.122. The van der Waals surface area contributed by atoms with Gasteiger partial charge in [-0.3, -0.25) is 19.3 Å². The molecule has 1 aliphatic rings. The van der Waals surface area contributed by atoms with E-state index in [9.17, 15) is 14.4 Å². The molecule has 0 radical (unpaired) electrons. The number of amides is 2. The summed E-state index contributed by atoms with van der Waals surface area (Å²) in [5.41, 5.74) is 1.26. The van der Waals surface area contributed by atoms with Gasteiger partial charge in [0.15, 0.2) is 5.78 Å². The second-order valence-corrected chi connectivity index (χ2v) is 7.29. The normalized spacial score (nSPS) is 15.7. The first-order valence-electron chi connectivity index (χ1n) is 8.54. The maximum atomic E-state index is 12.5. The van der Waals surface area contributed by atoms with Crippen LogP contribution < -0.4 is 4.74 Å². The van der Waals surface area contributed by atoms with E-state index in [2.05, 4.69) is 0 Å². The van der Waals surface area contributed by atoms with Gasteiger partial charge in [-0.15, -0.1) is 0 Å². The zero-order chi connectivity index (χ0) is 19.4. The van der Waals surface area contributed by atoms with Crippen LogP contribution in [0, 0.1) is 0 Å². The van der Waals surface area contributed by atoms with Gasteiger partial charge in [0.2, 0.25) is 0 Å². The number of benzene rings is 2. The monoisotopic (exact) mass is 381 g/mol. The number of carbonyl (C=O) groups is 3. The number of thioether (sulfide) groups is 1. The summed E-state index contributed by atoms with van der Waals surface area (Å²) in [5.74, 6) is 0.0230. The van der Waals surface area contributed by atoms with Crippen molar-refractivity contribution in [2.24, 2.45) is 0 Å². The fraction of sp³-hybridized carbons (Fsp3) is 0.190. The summed E-state index contributed by atoms with van der Waals surface area (Å²) in [6, 6.07) is 15.9. The van der Waals surface area contributed by atoms with Crippen LogP contribution in [0.25, 0.3) is 6.08 Å². The Morgan fingerprint density at radius 3 is 2.37 bits per heavy atom. The Balaban J connectivity index is 1.71. The van der Waals surface area contributed by atoms with Crippen molar-refractivity contribution in [2.45, 2.75) is 20.0 Å². The minimum Gasteiger partial charge on any atom is -0.491 e. The smallest absolute Gasteiger partial charge is 0.293 e. The van der Waals surface area contributed by atoms with Crippen molar-refractivity contribution in [1.82, 2.24) is 4.90 Å². The predicted octanol–water partition coefficient (Wildman–Crippen LogP) is 4.39. The largest absolute Gasteiger partial charge is 0.491 e. The molecule has 0 aromatic heterocycles. The maximum Gasteiger partial charge on any atom is 0.293 e. The Labute approximate surface area is 162 Å². The number of nitrogens with zero attached hydrogens (tertiary/aromatic N) is 1. The number of hydrogen-bond donors (Lipinski definition) is 0. The molecule has 0 N–H and O–H groups in total. The van der Waals surface area contributed by atoms with Gasteiger partial charge < -0.3 is 4.74 Å². The molecule has 138 valence electrons. The first-order chi connectivity index (χ1) is 12.9. The zero-order valence-corrected chi connectivity index (χ0v) is 15.9. The lowest BCUT2D eigenvalue weighted by atomic mass is 10.1. The summed E-state index contributed by atoms with van der Waals surface area (Å²) in [4.78, 5) is 38.3. The highest BCUT2D eigenvalue weighted by molar-refractivity contribution is 8.18. The minimum atomic E-state index is -0.447. The first kappa shape index (κ1) is 18.9. The molecule has 0 saturated carbocycles. The molecule has 27 heavy (non-hydrogen) atoms. The lowest BCUT2D eigenvalue weighted by Gasteiger charge is -2.11. The molecule has 2 aromatic carbocycles. The average molecular weight is 381 g/mol. The van der Waals surface area contributed by atoms with Gasteiger partial charge in [-0.05, 0) is 49.4 Å². The highest BCUT2D eigenvalue weighted by Crippen LogP contribution is 2.32. The third-order valence-electron chi connectivity index (χ3n) is 3.82. The maximum absolute atomic E-state index is 12.5. The first-order valence-corrected chi connectivity index (χ1v) is 9.36.